The van der Waals surface area contributed by atoms with Crippen molar-refractivity contribution < 1.29 is 4.79 Å². The first-order valence-electron chi connectivity index (χ1n) is 12.6. The molecule has 0 bridgehead atoms. The van der Waals surface area contributed by atoms with Gasteiger partial charge in [-0.3, -0.25) is 4.79 Å². The largest absolute Gasteiger partial charge is 0.382 e. The summed E-state index contributed by atoms with van der Waals surface area (Å²) in [5.74, 6) is -0.0359. The van der Waals surface area contributed by atoms with Crippen LogP contribution in [0.25, 0.3) is 20.9 Å². The van der Waals surface area contributed by atoms with Crippen LogP contribution >= 0.6 is 22.7 Å². The maximum atomic E-state index is 13.4. The smallest absolute Gasteiger partial charge is 0.252 e. The number of aryl methyl sites for hydroxylation is 1. The molecule has 2 aromatic heterocycles. The minimum Gasteiger partial charge on any atom is -0.382 e. The summed E-state index contributed by atoms with van der Waals surface area (Å²) < 4.78 is 0. The zero-order chi connectivity index (χ0) is 25.1. The number of nitrogens with one attached hydrogen (secondary N) is 2. The quantitative estimate of drug-likeness (QED) is 0.269. The summed E-state index contributed by atoms with van der Waals surface area (Å²) in [6, 6.07) is 21.6. The lowest BCUT2D eigenvalue weighted by Crippen LogP contribution is -2.36. The van der Waals surface area contributed by atoms with Crippen LogP contribution in [-0.4, -0.2) is 37.0 Å². The summed E-state index contributed by atoms with van der Waals surface area (Å²) in [4.78, 5) is 18.3. The molecule has 1 aliphatic heterocycles. The fraction of sp³-hybridized carbons (Fsp3) is 0.300. The van der Waals surface area contributed by atoms with Crippen LogP contribution in [0.1, 0.15) is 47.3 Å². The molecule has 5 rings (SSSR count). The van der Waals surface area contributed by atoms with Gasteiger partial charge in [0.1, 0.15) is 0 Å². The maximum absolute atomic E-state index is 13.4. The predicted molar refractivity (Wildman–Crippen MR) is 154 cm³/mol. The number of thiophene rings is 2. The molecule has 4 nitrogen and oxygen atoms in total. The van der Waals surface area contributed by atoms with Crippen molar-refractivity contribution in [1.82, 2.24) is 10.2 Å². The van der Waals surface area contributed by atoms with Gasteiger partial charge in [-0.15, -0.1) is 22.7 Å². The number of carbonyl (C=O) groups is 1. The highest BCUT2D eigenvalue weighted by molar-refractivity contribution is 7.14. The van der Waals surface area contributed by atoms with Crippen molar-refractivity contribution in [3.63, 3.8) is 0 Å². The Bertz CT molecular complexity index is 1250. The molecule has 0 unspecified atom stereocenters. The zero-order valence-corrected chi connectivity index (χ0v) is 22.7. The molecule has 186 valence electrons. The Labute approximate surface area is 222 Å². The lowest BCUT2D eigenvalue weighted by molar-refractivity contribution is 0.0939. The van der Waals surface area contributed by atoms with Gasteiger partial charge in [-0.25, -0.2) is 0 Å². The van der Waals surface area contributed by atoms with Crippen molar-refractivity contribution in [1.29, 1.82) is 0 Å². The van der Waals surface area contributed by atoms with Gasteiger partial charge in [0, 0.05) is 27.0 Å². The minimum absolute atomic E-state index is 0.0359. The van der Waals surface area contributed by atoms with Crippen LogP contribution in [0.5, 0.6) is 0 Å². The molecule has 2 aromatic carbocycles. The first-order chi connectivity index (χ1) is 17.5. The first kappa shape index (κ1) is 24.8. The van der Waals surface area contributed by atoms with Crippen LogP contribution in [0.15, 0.2) is 71.4 Å². The molecule has 1 saturated heterocycles. The van der Waals surface area contributed by atoms with Crippen molar-refractivity contribution in [2.24, 2.45) is 0 Å². The number of hydrogen-bond donors (Lipinski definition) is 2. The number of piperidine rings is 1. The van der Waals surface area contributed by atoms with Crippen molar-refractivity contribution in [3.05, 3.63) is 88.1 Å². The van der Waals surface area contributed by atoms with Crippen LogP contribution in [0.2, 0.25) is 0 Å². The van der Waals surface area contributed by atoms with Gasteiger partial charge in [0.15, 0.2) is 0 Å². The molecule has 0 saturated carbocycles. The van der Waals surface area contributed by atoms with Crippen molar-refractivity contribution in [2.45, 2.75) is 38.8 Å². The molecular formula is C30H33N3OS2. The molecule has 1 fully saturated rings. The summed E-state index contributed by atoms with van der Waals surface area (Å²) in [5, 5.41) is 11.1. The van der Waals surface area contributed by atoms with Crippen LogP contribution in [-0.2, 0) is 0 Å². The molecular weight excluding hydrogens is 482 g/mol. The Balaban J connectivity index is 1.36. The van der Waals surface area contributed by atoms with Gasteiger partial charge in [0.25, 0.3) is 5.91 Å². The molecule has 36 heavy (non-hydrogen) atoms. The topological polar surface area (TPSA) is 44.4 Å². The molecule has 2 N–H and O–H groups in total. The summed E-state index contributed by atoms with van der Waals surface area (Å²) in [6.45, 7) is 6.28. The predicted octanol–water partition coefficient (Wildman–Crippen LogP) is 7.45. The third-order valence-corrected chi connectivity index (χ3v) is 8.82. The molecule has 1 aliphatic rings. The lowest BCUT2D eigenvalue weighted by Gasteiger charge is -2.30. The highest BCUT2D eigenvalue weighted by atomic mass is 32.1. The van der Waals surface area contributed by atoms with Crippen molar-refractivity contribution in [2.75, 3.05) is 25.5 Å². The highest BCUT2D eigenvalue weighted by Gasteiger charge is 2.19. The molecule has 1 amide bonds. The average molecular weight is 516 g/mol. The zero-order valence-electron chi connectivity index (χ0n) is 21.1. The van der Waals surface area contributed by atoms with E-state index in [1.165, 1.54) is 20.9 Å². The van der Waals surface area contributed by atoms with E-state index in [0.717, 1.165) is 48.3 Å². The average Bonchev–Trinajstić information content (AvgIpc) is 3.61. The van der Waals surface area contributed by atoms with E-state index in [2.05, 4.69) is 88.8 Å². The second-order valence-electron chi connectivity index (χ2n) is 9.75. The number of likely N-dealkylation sites (tertiary alicyclic amines) is 1. The summed E-state index contributed by atoms with van der Waals surface area (Å²) in [6.07, 6.45) is 2.24. The molecule has 6 heteroatoms. The standard InChI is InChI=1S/C30H33N3OS2/c1-20-8-9-26(32-25-10-12-33(3)13-11-25)19-27(20)30(34)31-21(2)22-16-23(28-6-4-14-35-28)18-24(17-22)29-7-5-15-36-29/h4-9,14-19,21,25,32H,10-13H2,1-3H3,(H,31,34)/t21-/m1/s1. The van der Waals surface area contributed by atoms with Gasteiger partial charge in [0.2, 0.25) is 0 Å². The molecule has 1 atom stereocenters. The number of hydrogen-bond acceptors (Lipinski definition) is 5. The third-order valence-electron chi connectivity index (χ3n) is 6.99. The van der Waals surface area contributed by atoms with E-state index >= 15 is 0 Å². The Morgan fingerprint density at radius 2 is 1.58 bits per heavy atom. The summed E-state index contributed by atoms with van der Waals surface area (Å²) in [5.41, 5.74) is 6.22. The molecule has 0 spiro atoms. The van der Waals surface area contributed by atoms with Crippen LogP contribution in [0.4, 0.5) is 5.69 Å². The first-order valence-corrected chi connectivity index (χ1v) is 14.3. The van der Waals surface area contributed by atoms with Gasteiger partial charge in [-0.1, -0.05) is 18.2 Å². The van der Waals surface area contributed by atoms with E-state index in [1.807, 2.05) is 19.1 Å². The van der Waals surface area contributed by atoms with Crippen molar-refractivity contribution in [3.8, 4) is 20.9 Å². The van der Waals surface area contributed by atoms with E-state index in [1.54, 1.807) is 22.7 Å². The van der Waals surface area contributed by atoms with E-state index in [0.29, 0.717) is 6.04 Å². The summed E-state index contributed by atoms with van der Waals surface area (Å²) in [7, 11) is 2.17. The monoisotopic (exact) mass is 515 g/mol. The fourth-order valence-electron chi connectivity index (χ4n) is 4.77. The Morgan fingerprint density at radius 3 is 2.17 bits per heavy atom. The highest BCUT2D eigenvalue weighted by Crippen LogP contribution is 2.34. The van der Waals surface area contributed by atoms with Crippen LogP contribution in [0, 0.1) is 6.92 Å². The Morgan fingerprint density at radius 1 is 0.944 bits per heavy atom. The number of nitrogens with zero attached hydrogens (tertiary/aromatic N) is 1. The van der Waals surface area contributed by atoms with Gasteiger partial charge in [-0.05, 0) is 122 Å². The molecule has 0 aliphatic carbocycles. The number of carbonyl (C=O) groups excluding carboxylic acids is 1. The van der Waals surface area contributed by atoms with Gasteiger partial charge in [-0.2, -0.15) is 0 Å². The second-order valence-corrected chi connectivity index (χ2v) is 11.6. The number of anilines is 1. The van der Waals surface area contributed by atoms with Gasteiger partial charge < -0.3 is 15.5 Å². The number of rotatable bonds is 7. The molecule has 4 aromatic rings. The lowest BCUT2D eigenvalue weighted by atomic mass is 9.98. The van der Waals surface area contributed by atoms with Crippen LogP contribution in [0.3, 0.4) is 0 Å². The van der Waals surface area contributed by atoms with E-state index in [9.17, 15) is 4.79 Å². The molecule has 0 radical (unpaired) electrons. The third kappa shape index (κ3) is 5.72. The summed E-state index contributed by atoms with van der Waals surface area (Å²) >= 11 is 3.47. The van der Waals surface area contributed by atoms with E-state index in [4.69, 9.17) is 0 Å². The fourth-order valence-corrected chi connectivity index (χ4v) is 6.20. The second kappa shape index (κ2) is 11.0. The normalized spacial score (nSPS) is 15.5. The van der Waals surface area contributed by atoms with Crippen molar-refractivity contribution >= 4 is 34.3 Å². The van der Waals surface area contributed by atoms with Gasteiger partial charge >= 0.3 is 0 Å². The number of amides is 1. The number of benzene rings is 2. The Kier molecular flexibility index (Phi) is 7.56. The van der Waals surface area contributed by atoms with E-state index in [-0.39, 0.29) is 11.9 Å². The van der Waals surface area contributed by atoms with Gasteiger partial charge in [0.05, 0.1) is 6.04 Å². The van der Waals surface area contributed by atoms with E-state index < -0.39 is 0 Å². The SMILES string of the molecule is Cc1ccc(NC2CCN(C)CC2)cc1C(=O)N[C@H](C)c1cc(-c2cccs2)cc(-c2cccs2)c1. The maximum Gasteiger partial charge on any atom is 0.252 e. The molecule has 3 heterocycles. The Hall–Kier alpha value is -2.93. The minimum atomic E-state index is -0.124. The van der Waals surface area contributed by atoms with Crippen LogP contribution < -0.4 is 10.6 Å².